The number of hydrazone groups is 1. The van der Waals surface area contributed by atoms with E-state index in [4.69, 9.17) is 10.4 Å². The van der Waals surface area contributed by atoms with Crippen molar-refractivity contribution in [3.63, 3.8) is 0 Å². The van der Waals surface area contributed by atoms with Crippen molar-refractivity contribution in [2.75, 3.05) is 12.3 Å². The van der Waals surface area contributed by atoms with Crippen LogP contribution in [0.4, 0.5) is 5.82 Å². The van der Waals surface area contributed by atoms with E-state index in [2.05, 4.69) is 69.0 Å². The van der Waals surface area contributed by atoms with Crippen molar-refractivity contribution in [3.8, 4) is 5.82 Å². The SMILES string of the molecule is C/C(=N\NC(=O)c1nnn(-c2nonc2N)c1CN1CCCC[C@H]1C)c1ccc(CC(C)C)cc1. The standard InChI is InChI=1S/C24H33N9O2/c1-15(2)13-18-8-10-19(11-9-18)17(4)26-28-24(34)21-20(14-32-12-6-5-7-16(32)3)33(31-27-21)23-22(25)29-35-30-23/h8-11,15-16H,5-7,12-14H2,1-4H3,(H2,25,29)(H,28,34)/b26-17+/t16-/m1/s1. The number of nitrogens with zero attached hydrogens (tertiary/aromatic N) is 7. The second kappa shape index (κ2) is 10.8. The Bertz CT molecular complexity index is 1180. The van der Waals surface area contributed by atoms with Crippen molar-refractivity contribution in [1.29, 1.82) is 0 Å². The Balaban J connectivity index is 1.55. The van der Waals surface area contributed by atoms with Gasteiger partial charge >= 0.3 is 0 Å². The van der Waals surface area contributed by atoms with Gasteiger partial charge < -0.3 is 5.73 Å². The van der Waals surface area contributed by atoms with Crippen LogP contribution in [0.2, 0.25) is 0 Å². The summed E-state index contributed by atoms with van der Waals surface area (Å²) >= 11 is 0. The predicted octanol–water partition coefficient (Wildman–Crippen LogP) is 2.96. The minimum absolute atomic E-state index is 0.0737. The van der Waals surface area contributed by atoms with E-state index in [0.717, 1.165) is 31.4 Å². The average molecular weight is 480 g/mol. The van der Waals surface area contributed by atoms with Gasteiger partial charge in [-0.15, -0.1) is 5.10 Å². The Kier molecular flexibility index (Phi) is 7.54. The molecule has 1 amide bonds. The molecule has 11 nitrogen and oxygen atoms in total. The molecule has 4 rings (SSSR count). The second-order valence-corrected chi connectivity index (χ2v) is 9.52. The van der Waals surface area contributed by atoms with E-state index in [1.54, 1.807) is 0 Å². The molecular weight excluding hydrogens is 446 g/mol. The molecule has 0 bridgehead atoms. The molecule has 1 aliphatic rings. The maximum atomic E-state index is 13.1. The third kappa shape index (κ3) is 5.73. The van der Waals surface area contributed by atoms with Crippen LogP contribution in [0.25, 0.3) is 5.82 Å². The van der Waals surface area contributed by atoms with Gasteiger partial charge in [0.15, 0.2) is 5.69 Å². The number of nitrogens with two attached hydrogens (primary N) is 1. The third-order valence-electron chi connectivity index (χ3n) is 6.31. The Morgan fingerprint density at radius 3 is 2.69 bits per heavy atom. The fourth-order valence-electron chi connectivity index (χ4n) is 4.32. The number of amides is 1. The fourth-order valence-corrected chi connectivity index (χ4v) is 4.32. The number of aromatic nitrogens is 5. The van der Waals surface area contributed by atoms with Crippen LogP contribution in [0, 0.1) is 5.92 Å². The number of rotatable bonds is 8. The summed E-state index contributed by atoms with van der Waals surface area (Å²) in [5, 5.41) is 20.1. The van der Waals surface area contributed by atoms with Gasteiger partial charge in [0.2, 0.25) is 11.6 Å². The Morgan fingerprint density at radius 2 is 2.03 bits per heavy atom. The number of likely N-dealkylation sites (tertiary alicyclic amines) is 1. The minimum Gasteiger partial charge on any atom is -0.378 e. The maximum Gasteiger partial charge on any atom is 0.293 e. The predicted molar refractivity (Wildman–Crippen MR) is 132 cm³/mol. The smallest absolute Gasteiger partial charge is 0.293 e. The van der Waals surface area contributed by atoms with Gasteiger partial charge in [-0.25, -0.2) is 10.1 Å². The first-order valence-electron chi connectivity index (χ1n) is 12.0. The summed E-state index contributed by atoms with van der Waals surface area (Å²) in [5.74, 6) is 0.414. The van der Waals surface area contributed by atoms with Crippen LogP contribution in [0.15, 0.2) is 34.0 Å². The minimum atomic E-state index is -0.457. The lowest BCUT2D eigenvalue weighted by Gasteiger charge is -2.33. The molecule has 0 saturated carbocycles. The fraction of sp³-hybridized carbons (Fsp3) is 0.500. The normalized spacial score (nSPS) is 17.2. The molecule has 35 heavy (non-hydrogen) atoms. The van der Waals surface area contributed by atoms with Crippen LogP contribution in [-0.4, -0.2) is 54.4 Å². The summed E-state index contributed by atoms with van der Waals surface area (Å²) < 4.78 is 6.17. The average Bonchev–Trinajstić information content (AvgIpc) is 3.44. The number of hydrogen-bond donors (Lipinski definition) is 2. The van der Waals surface area contributed by atoms with E-state index < -0.39 is 5.91 Å². The molecule has 11 heteroatoms. The lowest BCUT2D eigenvalue weighted by molar-refractivity contribution is 0.0944. The zero-order valence-corrected chi connectivity index (χ0v) is 20.7. The number of hydrogen-bond acceptors (Lipinski definition) is 9. The molecule has 3 aromatic rings. The van der Waals surface area contributed by atoms with E-state index in [-0.39, 0.29) is 17.3 Å². The molecule has 0 unspecified atom stereocenters. The number of benzene rings is 1. The van der Waals surface area contributed by atoms with Crippen LogP contribution >= 0.6 is 0 Å². The van der Waals surface area contributed by atoms with Crippen molar-refractivity contribution in [3.05, 3.63) is 46.8 Å². The summed E-state index contributed by atoms with van der Waals surface area (Å²) in [6.45, 7) is 9.80. The van der Waals surface area contributed by atoms with Crippen molar-refractivity contribution in [2.24, 2.45) is 11.0 Å². The third-order valence-corrected chi connectivity index (χ3v) is 6.31. The number of carbonyl (C=O) groups is 1. The highest BCUT2D eigenvalue weighted by Gasteiger charge is 2.28. The molecule has 2 aromatic heterocycles. The molecule has 1 fully saturated rings. The maximum absolute atomic E-state index is 13.1. The van der Waals surface area contributed by atoms with Gasteiger partial charge in [0.25, 0.3) is 5.91 Å². The highest BCUT2D eigenvalue weighted by molar-refractivity contribution is 6.00. The number of nitrogens with one attached hydrogen (secondary N) is 1. The highest BCUT2D eigenvalue weighted by atomic mass is 16.6. The summed E-state index contributed by atoms with van der Waals surface area (Å²) in [7, 11) is 0. The first-order valence-corrected chi connectivity index (χ1v) is 12.0. The monoisotopic (exact) mass is 479 g/mol. The van der Waals surface area contributed by atoms with E-state index >= 15 is 0 Å². The number of piperidine rings is 1. The molecule has 3 N–H and O–H groups in total. The van der Waals surface area contributed by atoms with Gasteiger partial charge in [0.05, 0.1) is 11.4 Å². The largest absolute Gasteiger partial charge is 0.378 e. The topological polar surface area (TPSA) is 140 Å². The van der Waals surface area contributed by atoms with Gasteiger partial charge in [-0.1, -0.05) is 49.7 Å². The van der Waals surface area contributed by atoms with Crippen molar-refractivity contribution in [1.82, 2.24) is 35.6 Å². The molecule has 1 saturated heterocycles. The van der Waals surface area contributed by atoms with E-state index in [1.165, 1.54) is 16.7 Å². The van der Waals surface area contributed by atoms with Gasteiger partial charge in [-0.05, 0) is 67.0 Å². The molecule has 0 spiro atoms. The molecule has 3 heterocycles. The summed E-state index contributed by atoms with van der Waals surface area (Å²) in [6, 6.07) is 8.59. The lowest BCUT2D eigenvalue weighted by atomic mass is 10.0. The first-order chi connectivity index (χ1) is 16.8. The van der Waals surface area contributed by atoms with E-state index in [9.17, 15) is 4.79 Å². The van der Waals surface area contributed by atoms with E-state index in [1.807, 2.05) is 19.1 Å². The van der Waals surface area contributed by atoms with E-state index in [0.29, 0.717) is 29.9 Å². The van der Waals surface area contributed by atoms with Gasteiger partial charge in [0.1, 0.15) is 0 Å². The Labute approximate surface area is 204 Å². The van der Waals surface area contributed by atoms with Crippen molar-refractivity contribution >= 4 is 17.4 Å². The molecule has 0 radical (unpaired) electrons. The zero-order chi connectivity index (χ0) is 24.9. The van der Waals surface area contributed by atoms with Crippen LogP contribution in [-0.2, 0) is 13.0 Å². The van der Waals surface area contributed by atoms with Gasteiger partial charge in [-0.3, -0.25) is 9.69 Å². The van der Waals surface area contributed by atoms with Crippen LogP contribution < -0.4 is 11.2 Å². The van der Waals surface area contributed by atoms with Crippen LogP contribution in [0.5, 0.6) is 0 Å². The van der Waals surface area contributed by atoms with Gasteiger partial charge in [-0.2, -0.15) is 9.78 Å². The van der Waals surface area contributed by atoms with Gasteiger partial charge in [0, 0.05) is 12.6 Å². The quantitative estimate of drug-likeness (QED) is 0.371. The molecule has 1 aliphatic heterocycles. The Hall–Kier alpha value is -3.60. The second-order valence-electron chi connectivity index (χ2n) is 9.52. The van der Waals surface area contributed by atoms with Crippen LogP contribution in [0.3, 0.4) is 0 Å². The summed E-state index contributed by atoms with van der Waals surface area (Å²) in [4.78, 5) is 15.4. The molecule has 1 aromatic carbocycles. The summed E-state index contributed by atoms with van der Waals surface area (Å²) in [6.07, 6.45) is 4.40. The summed E-state index contributed by atoms with van der Waals surface area (Å²) in [5.41, 5.74) is 12.1. The number of carbonyl (C=O) groups excluding carboxylic acids is 1. The molecule has 1 atom stereocenters. The van der Waals surface area contributed by atoms with Crippen LogP contribution in [0.1, 0.15) is 74.3 Å². The highest BCUT2D eigenvalue weighted by Crippen LogP contribution is 2.23. The number of anilines is 1. The molecular formula is C24H33N9O2. The zero-order valence-electron chi connectivity index (χ0n) is 20.7. The van der Waals surface area contributed by atoms with Crippen molar-refractivity contribution < 1.29 is 9.42 Å². The Morgan fingerprint density at radius 1 is 1.26 bits per heavy atom. The molecule has 186 valence electrons. The molecule has 0 aliphatic carbocycles. The first kappa shape index (κ1) is 24.5. The lowest BCUT2D eigenvalue weighted by Crippen LogP contribution is -2.38. The number of nitrogen functional groups attached to an aromatic ring is 1. The van der Waals surface area contributed by atoms with Crippen molar-refractivity contribution in [2.45, 2.75) is 66.0 Å².